The highest BCUT2D eigenvalue weighted by Crippen LogP contribution is 2.26. The van der Waals surface area contributed by atoms with Gasteiger partial charge in [-0.3, -0.25) is 10.1 Å². The first kappa shape index (κ1) is 18.7. The lowest BCUT2D eigenvalue weighted by molar-refractivity contribution is -0.384. The number of nitro benzene ring substituents is 1. The van der Waals surface area contributed by atoms with E-state index in [1.54, 1.807) is 24.3 Å². The Labute approximate surface area is 151 Å². The van der Waals surface area contributed by atoms with Crippen LogP contribution in [0.5, 0.6) is 5.75 Å². The minimum Gasteiger partial charge on any atom is -0.489 e. The third-order valence-corrected chi connectivity index (χ3v) is 3.78. The van der Waals surface area contributed by atoms with E-state index in [0.717, 1.165) is 12.0 Å². The second kappa shape index (κ2) is 9.03. The Kier molecular flexibility index (Phi) is 6.77. The largest absolute Gasteiger partial charge is 0.489 e. The van der Waals surface area contributed by atoms with Crippen molar-refractivity contribution < 1.29 is 14.5 Å². The average Bonchev–Trinajstić information content (AvgIpc) is 2.61. The van der Waals surface area contributed by atoms with Gasteiger partial charge in [0.25, 0.3) is 5.69 Å². The number of hydrogen-bond acceptors (Lipinski definition) is 5. The van der Waals surface area contributed by atoms with Gasteiger partial charge in [-0.1, -0.05) is 35.8 Å². The molecule has 0 spiro atoms. The van der Waals surface area contributed by atoms with Crippen LogP contribution in [0.25, 0.3) is 0 Å². The molecule has 0 aliphatic carbocycles. The monoisotopic (exact) mass is 362 g/mol. The number of halogens is 1. The molecule has 1 atom stereocenters. The zero-order valence-electron chi connectivity index (χ0n) is 14.0. The number of hydrogen-bond donors (Lipinski definition) is 0. The van der Waals surface area contributed by atoms with Gasteiger partial charge in [0.1, 0.15) is 12.4 Å². The number of nitro groups is 1. The zero-order valence-corrected chi connectivity index (χ0v) is 14.8. The first-order chi connectivity index (χ1) is 12.0. The zero-order chi connectivity index (χ0) is 18.2. The number of benzene rings is 2. The van der Waals surface area contributed by atoms with Gasteiger partial charge in [-0.05, 0) is 42.7 Å². The lowest BCUT2D eigenvalue weighted by Crippen LogP contribution is -2.09. The Hall–Kier alpha value is -2.60. The summed E-state index contributed by atoms with van der Waals surface area (Å²) in [6, 6.07) is 11.6. The quantitative estimate of drug-likeness (QED) is 0.377. The lowest BCUT2D eigenvalue weighted by atomic mass is 10.2. The Balaban J connectivity index is 1.93. The third-order valence-electron chi connectivity index (χ3n) is 3.49. The van der Waals surface area contributed by atoms with Crippen molar-refractivity contribution in [2.75, 3.05) is 0 Å². The second-order valence-corrected chi connectivity index (χ2v) is 5.87. The summed E-state index contributed by atoms with van der Waals surface area (Å²) in [6.07, 6.45) is 2.51. The smallest absolute Gasteiger partial charge is 0.269 e. The third kappa shape index (κ3) is 5.76. The molecule has 132 valence electrons. The molecule has 0 aliphatic heterocycles. The fraction of sp³-hybridized carbons (Fsp3) is 0.278. The summed E-state index contributed by atoms with van der Waals surface area (Å²) in [6.45, 7) is 4.16. The van der Waals surface area contributed by atoms with Crippen LogP contribution in [0.2, 0.25) is 5.02 Å². The Morgan fingerprint density at radius 2 is 2.12 bits per heavy atom. The summed E-state index contributed by atoms with van der Waals surface area (Å²) < 4.78 is 5.70. The lowest BCUT2D eigenvalue weighted by Gasteiger charge is -2.13. The molecule has 0 fully saturated rings. The molecule has 0 N–H and O–H groups in total. The normalized spacial score (nSPS) is 12.1. The molecule has 2 rings (SSSR count). The molecular weight excluding hydrogens is 344 g/mol. The van der Waals surface area contributed by atoms with Crippen LogP contribution in [-0.4, -0.2) is 17.2 Å². The van der Waals surface area contributed by atoms with Crippen molar-refractivity contribution in [2.24, 2.45) is 5.16 Å². The van der Waals surface area contributed by atoms with E-state index in [0.29, 0.717) is 16.3 Å². The SMILES string of the molecule is CC[C@H](C)Oc1ccc(/C=N\OCc2cccc([N+](=O)[O-])c2)cc1Cl. The number of non-ortho nitro benzene ring substituents is 1. The molecule has 0 aromatic heterocycles. The predicted molar refractivity (Wildman–Crippen MR) is 97.3 cm³/mol. The van der Waals surface area contributed by atoms with Gasteiger partial charge in [-0.15, -0.1) is 0 Å². The number of oxime groups is 1. The van der Waals surface area contributed by atoms with E-state index in [4.69, 9.17) is 21.2 Å². The first-order valence-corrected chi connectivity index (χ1v) is 8.22. The molecule has 2 aromatic rings. The van der Waals surface area contributed by atoms with Crippen LogP contribution < -0.4 is 4.74 Å². The number of ether oxygens (including phenoxy) is 1. The first-order valence-electron chi connectivity index (χ1n) is 7.84. The summed E-state index contributed by atoms with van der Waals surface area (Å²) in [7, 11) is 0. The predicted octanol–water partition coefficient (Wildman–Crippen LogP) is 4.98. The van der Waals surface area contributed by atoms with Crippen LogP contribution in [0.4, 0.5) is 5.69 Å². The molecule has 0 amide bonds. The molecule has 0 bridgehead atoms. The van der Waals surface area contributed by atoms with Crippen LogP contribution in [0.1, 0.15) is 31.4 Å². The van der Waals surface area contributed by atoms with Gasteiger partial charge in [0.15, 0.2) is 0 Å². The molecular formula is C18H19ClN2O4. The maximum atomic E-state index is 10.7. The van der Waals surface area contributed by atoms with Crippen molar-refractivity contribution in [1.82, 2.24) is 0 Å². The Bertz CT molecular complexity index is 764. The van der Waals surface area contributed by atoms with Crippen LogP contribution in [0.15, 0.2) is 47.6 Å². The molecule has 0 heterocycles. The van der Waals surface area contributed by atoms with Gasteiger partial charge >= 0.3 is 0 Å². The van der Waals surface area contributed by atoms with E-state index in [1.165, 1.54) is 18.3 Å². The topological polar surface area (TPSA) is 74.0 Å². The van der Waals surface area contributed by atoms with Gasteiger partial charge in [0, 0.05) is 12.1 Å². The maximum absolute atomic E-state index is 10.7. The molecule has 7 heteroatoms. The number of rotatable bonds is 8. The Morgan fingerprint density at radius 3 is 2.80 bits per heavy atom. The molecule has 0 radical (unpaired) electrons. The highest BCUT2D eigenvalue weighted by Gasteiger charge is 2.07. The van der Waals surface area contributed by atoms with Crippen molar-refractivity contribution in [1.29, 1.82) is 0 Å². The van der Waals surface area contributed by atoms with E-state index in [2.05, 4.69) is 5.16 Å². The fourth-order valence-electron chi connectivity index (χ4n) is 1.96. The van der Waals surface area contributed by atoms with Crippen molar-refractivity contribution in [3.8, 4) is 5.75 Å². The van der Waals surface area contributed by atoms with Gasteiger partial charge in [0.2, 0.25) is 0 Å². The van der Waals surface area contributed by atoms with E-state index in [1.807, 2.05) is 19.9 Å². The van der Waals surface area contributed by atoms with E-state index in [9.17, 15) is 10.1 Å². The highest BCUT2D eigenvalue weighted by atomic mass is 35.5. The summed E-state index contributed by atoms with van der Waals surface area (Å²) in [4.78, 5) is 15.5. The second-order valence-electron chi connectivity index (χ2n) is 5.46. The number of nitrogens with zero attached hydrogens (tertiary/aromatic N) is 2. The minimum atomic E-state index is -0.447. The Morgan fingerprint density at radius 1 is 1.32 bits per heavy atom. The summed E-state index contributed by atoms with van der Waals surface area (Å²) in [5.41, 5.74) is 1.45. The van der Waals surface area contributed by atoms with Crippen molar-refractivity contribution in [3.63, 3.8) is 0 Å². The van der Waals surface area contributed by atoms with E-state index in [-0.39, 0.29) is 18.4 Å². The molecule has 0 unspecified atom stereocenters. The fourth-order valence-corrected chi connectivity index (χ4v) is 2.20. The van der Waals surface area contributed by atoms with Gasteiger partial charge in [0.05, 0.1) is 22.3 Å². The van der Waals surface area contributed by atoms with Gasteiger partial charge in [-0.25, -0.2) is 0 Å². The summed E-state index contributed by atoms with van der Waals surface area (Å²) >= 11 is 6.19. The van der Waals surface area contributed by atoms with E-state index < -0.39 is 4.92 Å². The molecule has 2 aromatic carbocycles. The molecule has 0 aliphatic rings. The standard InChI is InChI=1S/C18H19ClN2O4/c1-3-13(2)25-18-8-7-14(10-17(18)19)11-20-24-12-15-5-4-6-16(9-15)21(22)23/h4-11,13H,3,12H2,1-2H3/b20-11-/t13-/m0/s1. The minimum absolute atomic E-state index is 0.0220. The highest BCUT2D eigenvalue weighted by molar-refractivity contribution is 6.32. The van der Waals surface area contributed by atoms with Crippen molar-refractivity contribution >= 4 is 23.5 Å². The molecule has 6 nitrogen and oxygen atoms in total. The van der Waals surface area contributed by atoms with Crippen molar-refractivity contribution in [3.05, 3.63) is 68.7 Å². The van der Waals surface area contributed by atoms with E-state index >= 15 is 0 Å². The summed E-state index contributed by atoms with van der Waals surface area (Å²) in [5, 5.41) is 15.1. The van der Waals surface area contributed by atoms with Crippen molar-refractivity contribution in [2.45, 2.75) is 33.0 Å². The molecule has 0 saturated carbocycles. The molecule has 0 saturated heterocycles. The van der Waals surface area contributed by atoms with Gasteiger partial charge in [-0.2, -0.15) is 0 Å². The maximum Gasteiger partial charge on any atom is 0.269 e. The molecule has 25 heavy (non-hydrogen) atoms. The van der Waals surface area contributed by atoms with Crippen LogP contribution in [-0.2, 0) is 11.4 Å². The summed E-state index contributed by atoms with van der Waals surface area (Å²) in [5.74, 6) is 0.630. The average molecular weight is 363 g/mol. The van der Waals surface area contributed by atoms with Crippen LogP contribution in [0.3, 0.4) is 0 Å². The van der Waals surface area contributed by atoms with Gasteiger partial charge < -0.3 is 9.57 Å². The van der Waals surface area contributed by atoms with Crippen LogP contribution >= 0.6 is 11.6 Å². The van der Waals surface area contributed by atoms with Crippen LogP contribution in [0, 0.1) is 10.1 Å².